The first-order valence-electron chi connectivity index (χ1n) is 2.94. The Morgan fingerprint density at radius 3 is 2.25 bits per heavy atom. The summed E-state index contributed by atoms with van der Waals surface area (Å²) in [5, 5.41) is 6.93. The van der Waals surface area contributed by atoms with Gasteiger partial charge >= 0.3 is 10.4 Å². The minimum atomic E-state index is -4.64. The molecule has 0 spiro atoms. The highest BCUT2D eigenvalue weighted by atomic mass is 32.3. The van der Waals surface area contributed by atoms with Crippen molar-refractivity contribution in [1.82, 2.24) is 0 Å². The summed E-state index contributed by atoms with van der Waals surface area (Å²) >= 11 is 0. The number of nitrogens with one attached hydrogen (secondary N) is 1. The smallest absolute Gasteiger partial charge is 0.385 e. The molecule has 7 nitrogen and oxygen atoms in total. The van der Waals surface area contributed by atoms with E-state index in [9.17, 15) is 8.42 Å². The van der Waals surface area contributed by atoms with Gasteiger partial charge in [0.25, 0.3) is 0 Å². The van der Waals surface area contributed by atoms with Gasteiger partial charge in [0.1, 0.15) is 5.84 Å². The Morgan fingerprint density at radius 2 is 2.17 bits per heavy atom. The quantitative estimate of drug-likeness (QED) is 0.244. The van der Waals surface area contributed by atoms with Crippen LogP contribution in [0.5, 0.6) is 0 Å². The predicted molar refractivity (Wildman–Crippen MR) is 42.0 cm³/mol. The molecule has 0 amide bonds. The van der Waals surface area contributed by atoms with E-state index in [1.165, 1.54) is 6.92 Å². The summed E-state index contributed by atoms with van der Waals surface area (Å²) in [6.07, 6.45) is 0. The van der Waals surface area contributed by atoms with E-state index in [-0.39, 0.29) is 6.54 Å². The highest BCUT2D eigenvalue weighted by molar-refractivity contribution is 7.81. The summed E-state index contributed by atoms with van der Waals surface area (Å²) in [6.45, 7) is 0.866. The molecule has 6 N–H and O–H groups in total. The fourth-order valence-electron chi connectivity index (χ4n) is 0.421. The Hall–Kier alpha value is -0.700. The van der Waals surface area contributed by atoms with Gasteiger partial charge in [-0.25, -0.2) is 4.18 Å². The number of hydrogen-bond acceptors (Lipinski definition) is 5. The zero-order valence-electron chi connectivity index (χ0n) is 6.44. The van der Waals surface area contributed by atoms with Gasteiger partial charge in [-0.05, 0) is 6.92 Å². The summed E-state index contributed by atoms with van der Waals surface area (Å²) in [6, 6.07) is 0. The van der Waals surface area contributed by atoms with Crippen LogP contribution in [-0.2, 0) is 14.6 Å². The van der Waals surface area contributed by atoms with Crippen molar-refractivity contribution in [1.29, 1.82) is 5.41 Å². The molecule has 0 saturated heterocycles. The maximum atomic E-state index is 10.2. The van der Waals surface area contributed by atoms with Crippen molar-refractivity contribution < 1.29 is 17.2 Å². The second-order valence-electron chi connectivity index (χ2n) is 2.36. The fourth-order valence-corrected chi connectivity index (χ4v) is 1.04. The third-order valence-electron chi connectivity index (χ3n) is 1.25. The molecule has 1 unspecified atom stereocenters. The first-order valence-corrected chi connectivity index (χ1v) is 4.30. The topological polar surface area (TPSA) is 139 Å². The average molecular weight is 197 g/mol. The molecule has 0 aromatic carbocycles. The summed E-state index contributed by atoms with van der Waals surface area (Å²) in [7, 11) is -4.64. The molecule has 1 atom stereocenters. The molecule has 0 aliphatic heterocycles. The maximum Gasteiger partial charge on any atom is 0.398 e. The molecule has 0 fully saturated rings. The molecule has 72 valence electrons. The van der Waals surface area contributed by atoms with Crippen LogP contribution in [0.1, 0.15) is 6.92 Å². The number of rotatable bonds is 4. The normalized spacial score (nSPS) is 16.9. The van der Waals surface area contributed by atoms with Crippen LogP contribution in [0, 0.1) is 5.41 Å². The molecule has 0 aromatic heterocycles. The van der Waals surface area contributed by atoms with E-state index in [0.29, 0.717) is 0 Å². The van der Waals surface area contributed by atoms with E-state index in [2.05, 4.69) is 4.18 Å². The molecule has 0 aromatic rings. The van der Waals surface area contributed by atoms with Gasteiger partial charge in [0, 0.05) is 6.54 Å². The standard InChI is InChI=1S/C4H11N3O4S/c1-4(2-5,3(6)7)11-12(8,9)10/h2,5H2,1H3,(H3,6,7)(H,8,9,10). The molecular weight excluding hydrogens is 186 g/mol. The highest BCUT2D eigenvalue weighted by Crippen LogP contribution is 2.10. The molecule has 12 heavy (non-hydrogen) atoms. The Balaban J connectivity index is 4.69. The zero-order chi connectivity index (χ0) is 9.99. The lowest BCUT2D eigenvalue weighted by Gasteiger charge is -2.23. The van der Waals surface area contributed by atoms with E-state index in [1.807, 2.05) is 0 Å². The van der Waals surface area contributed by atoms with E-state index >= 15 is 0 Å². The SMILES string of the molecule is CC(CN)(OS(=O)(=O)O)C(=N)N. The molecule has 0 radical (unpaired) electrons. The van der Waals surface area contributed by atoms with Crippen LogP contribution in [0.15, 0.2) is 0 Å². The number of amidine groups is 1. The molecule has 0 saturated carbocycles. The molecule has 0 bridgehead atoms. The van der Waals surface area contributed by atoms with E-state index < -0.39 is 21.8 Å². The van der Waals surface area contributed by atoms with Crippen molar-refractivity contribution >= 4 is 16.2 Å². The minimum Gasteiger partial charge on any atom is -0.385 e. The highest BCUT2D eigenvalue weighted by Gasteiger charge is 2.32. The van der Waals surface area contributed by atoms with Gasteiger partial charge in [0.2, 0.25) is 0 Å². The lowest BCUT2D eigenvalue weighted by atomic mass is 10.1. The third-order valence-corrected chi connectivity index (χ3v) is 1.83. The van der Waals surface area contributed by atoms with Crippen molar-refractivity contribution in [3.63, 3.8) is 0 Å². The van der Waals surface area contributed by atoms with Gasteiger partial charge in [-0.15, -0.1) is 0 Å². The second-order valence-corrected chi connectivity index (χ2v) is 3.38. The summed E-state index contributed by atoms with van der Waals surface area (Å²) < 4.78 is 32.8. The Labute approximate surface area is 70.2 Å². The van der Waals surface area contributed by atoms with Crippen LogP contribution < -0.4 is 11.5 Å². The fraction of sp³-hybridized carbons (Fsp3) is 0.750. The first-order chi connectivity index (χ1) is 5.21. The largest absolute Gasteiger partial charge is 0.398 e. The third kappa shape index (κ3) is 3.13. The van der Waals surface area contributed by atoms with Gasteiger partial charge in [-0.3, -0.25) is 9.96 Å². The summed E-state index contributed by atoms with van der Waals surface area (Å²) in [5.41, 5.74) is 8.41. The second kappa shape index (κ2) is 3.35. The number of nitrogens with two attached hydrogens (primary N) is 2. The van der Waals surface area contributed by atoms with Crippen molar-refractivity contribution in [3.8, 4) is 0 Å². The number of hydrogen-bond donors (Lipinski definition) is 4. The van der Waals surface area contributed by atoms with Crippen LogP contribution in [0.3, 0.4) is 0 Å². The lowest BCUT2D eigenvalue weighted by molar-refractivity contribution is 0.151. The van der Waals surface area contributed by atoms with Crippen molar-refractivity contribution in [2.24, 2.45) is 11.5 Å². The lowest BCUT2D eigenvalue weighted by Crippen LogP contribution is -2.50. The van der Waals surface area contributed by atoms with Crippen molar-refractivity contribution in [3.05, 3.63) is 0 Å². The monoisotopic (exact) mass is 197 g/mol. The van der Waals surface area contributed by atoms with Crippen molar-refractivity contribution in [2.45, 2.75) is 12.5 Å². The molecule has 0 rings (SSSR count). The van der Waals surface area contributed by atoms with E-state index in [1.54, 1.807) is 0 Å². The van der Waals surface area contributed by atoms with Crippen LogP contribution in [0.4, 0.5) is 0 Å². The summed E-state index contributed by atoms with van der Waals surface area (Å²) in [5.74, 6) is -0.567. The Kier molecular flexibility index (Phi) is 3.16. The minimum absolute atomic E-state index is 0.317. The van der Waals surface area contributed by atoms with Crippen LogP contribution in [0.2, 0.25) is 0 Å². The van der Waals surface area contributed by atoms with E-state index in [4.69, 9.17) is 21.4 Å². The molecule has 8 heteroatoms. The average Bonchev–Trinajstić information content (AvgIpc) is 1.83. The van der Waals surface area contributed by atoms with Gasteiger partial charge in [-0.2, -0.15) is 8.42 Å². The van der Waals surface area contributed by atoms with E-state index in [0.717, 1.165) is 0 Å². The first kappa shape index (κ1) is 11.3. The molecule has 0 heterocycles. The maximum absolute atomic E-state index is 10.2. The molecule has 0 aliphatic rings. The Morgan fingerprint density at radius 1 is 1.75 bits per heavy atom. The van der Waals surface area contributed by atoms with Crippen LogP contribution in [-0.4, -0.2) is 31.0 Å². The van der Waals surface area contributed by atoms with Gasteiger partial charge in [-0.1, -0.05) is 0 Å². The van der Waals surface area contributed by atoms with Gasteiger partial charge in [0.15, 0.2) is 5.60 Å². The Bertz CT molecular complexity index is 274. The van der Waals surface area contributed by atoms with Crippen LogP contribution in [0.25, 0.3) is 0 Å². The van der Waals surface area contributed by atoms with Crippen LogP contribution >= 0.6 is 0 Å². The van der Waals surface area contributed by atoms with Gasteiger partial charge < -0.3 is 11.5 Å². The summed E-state index contributed by atoms with van der Waals surface area (Å²) in [4.78, 5) is 0. The molecular formula is C4H11N3O4S. The van der Waals surface area contributed by atoms with Crippen molar-refractivity contribution in [2.75, 3.05) is 6.54 Å². The molecule has 0 aliphatic carbocycles. The predicted octanol–water partition coefficient (Wildman–Crippen LogP) is -1.54. The zero-order valence-corrected chi connectivity index (χ0v) is 7.26. The van der Waals surface area contributed by atoms with Gasteiger partial charge in [0.05, 0.1) is 0 Å².